The summed E-state index contributed by atoms with van der Waals surface area (Å²) in [4.78, 5) is 11.3. The molecule has 1 aromatic carbocycles. The van der Waals surface area contributed by atoms with Gasteiger partial charge < -0.3 is 10.1 Å². The first kappa shape index (κ1) is 15.0. The van der Waals surface area contributed by atoms with E-state index in [1.807, 2.05) is 6.07 Å². The number of halogens is 3. The summed E-state index contributed by atoms with van der Waals surface area (Å²) in [6, 6.07) is 7.99. The lowest BCUT2D eigenvalue weighted by Gasteiger charge is -2.08. The van der Waals surface area contributed by atoms with E-state index in [9.17, 15) is 18.0 Å². The molecular formula is C12H11F3N2O2. The zero-order chi connectivity index (χ0) is 14.3. The molecule has 102 valence electrons. The average molecular weight is 272 g/mol. The molecule has 7 heteroatoms. The summed E-state index contributed by atoms with van der Waals surface area (Å²) in [7, 11) is 0. The third kappa shape index (κ3) is 6.43. The van der Waals surface area contributed by atoms with Gasteiger partial charge in [-0.25, -0.2) is 0 Å². The Hall–Kier alpha value is -2.07. The summed E-state index contributed by atoms with van der Waals surface area (Å²) in [6.45, 7) is -1.000. The predicted octanol–water partition coefficient (Wildman–Crippen LogP) is 2.47. The summed E-state index contributed by atoms with van der Waals surface area (Å²) in [6.07, 6.45) is -5.37. The maximum Gasteiger partial charge on any atom is 0.391 e. The van der Waals surface area contributed by atoms with Crippen molar-refractivity contribution in [3.63, 3.8) is 0 Å². The third-order valence-electron chi connectivity index (χ3n) is 2.06. The molecule has 0 radical (unpaired) electrons. The minimum atomic E-state index is -4.29. The standard InChI is InChI=1S/C12H11F3N2O2/c13-12(14,15)5-6-19-8-11(18)17-10-3-1-9(7-16)2-4-10/h1-4H,5-6,8H2,(H,17,18). The van der Waals surface area contributed by atoms with Gasteiger partial charge in [-0.3, -0.25) is 4.79 Å². The van der Waals surface area contributed by atoms with E-state index in [0.29, 0.717) is 11.3 Å². The molecule has 1 aromatic rings. The first-order valence-corrected chi connectivity index (χ1v) is 5.35. The predicted molar refractivity (Wildman–Crippen MR) is 61.3 cm³/mol. The fourth-order valence-corrected chi connectivity index (χ4v) is 1.18. The number of ether oxygens (including phenoxy) is 1. The summed E-state index contributed by atoms with van der Waals surface area (Å²) in [5.41, 5.74) is 0.892. The fourth-order valence-electron chi connectivity index (χ4n) is 1.18. The molecular weight excluding hydrogens is 261 g/mol. The quantitative estimate of drug-likeness (QED) is 0.837. The van der Waals surface area contributed by atoms with Crippen LogP contribution in [0.15, 0.2) is 24.3 Å². The molecule has 0 aliphatic rings. The van der Waals surface area contributed by atoms with E-state index in [4.69, 9.17) is 5.26 Å². The van der Waals surface area contributed by atoms with Crippen LogP contribution in [0.3, 0.4) is 0 Å². The van der Waals surface area contributed by atoms with E-state index in [1.54, 1.807) is 0 Å². The lowest BCUT2D eigenvalue weighted by Crippen LogP contribution is -2.20. The highest BCUT2D eigenvalue weighted by atomic mass is 19.4. The topological polar surface area (TPSA) is 62.1 Å². The number of anilines is 1. The second-order valence-corrected chi connectivity index (χ2v) is 3.66. The highest BCUT2D eigenvalue weighted by Crippen LogP contribution is 2.18. The molecule has 0 heterocycles. The van der Waals surface area contributed by atoms with Gasteiger partial charge in [0.2, 0.25) is 5.91 Å². The maximum atomic E-state index is 11.8. The number of benzene rings is 1. The number of carbonyl (C=O) groups excluding carboxylic acids is 1. The van der Waals surface area contributed by atoms with E-state index < -0.39 is 31.7 Å². The molecule has 1 N–H and O–H groups in total. The van der Waals surface area contributed by atoms with Crippen LogP contribution in [0.1, 0.15) is 12.0 Å². The van der Waals surface area contributed by atoms with Crippen molar-refractivity contribution in [2.24, 2.45) is 0 Å². The number of carbonyl (C=O) groups is 1. The first-order valence-electron chi connectivity index (χ1n) is 5.35. The number of hydrogen-bond acceptors (Lipinski definition) is 3. The average Bonchev–Trinajstić information content (AvgIpc) is 2.34. The SMILES string of the molecule is N#Cc1ccc(NC(=O)COCCC(F)(F)F)cc1. The smallest absolute Gasteiger partial charge is 0.371 e. The van der Waals surface area contributed by atoms with Gasteiger partial charge >= 0.3 is 6.18 Å². The Morgan fingerprint density at radius 2 is 1.95 bits per heavy atom. The first-order chi connectivity index (χ1) is 8.90. The van der Waals surface area contributed by atoms with Crippen LogP contribution in [0, 0.1) is 11.3 Å². The summed E-state index contributed by atoms with van der Waals surface area (Å²) in [5, 5.41) is 11.0. The van der Waals surface area contributed by atoms with Crippen LogP contribution in [0.25, 0.3) is 0 Å². The number of nitrogens with one attached hydrogen (secondary N) is 1. The minimum Gasteiger partial charge on any atom is -0.371 e. The molecule has 0 atom stereocenters. The van der Waals surface area contributed by atoms with Crippen LogP contribution in [0.2, 0.25) is 0 Å². The molecule has 0 spiro atoms. The summed E-state index contributed by atoms with van der Waals surface area (Å²) < 4.78 is 40.0. The highest BCUT2D eigenvalue weighted by Gasteiger charge is 2.26. The number of amides is 1. The zero-order valence-electron chi connectivity index (χ0n) is 9.83. The van der Waals surface area contributed by atoms with Crippen molar-refractivity contribution in [2.45, 2.75) is 12.6 Å². The molecule has 0 aromatic heterocycles. The molecule has 0 bridgehead atoms. The van der Waals surface area contributed by atoms with Crippen LogP contribution in [-0.4, -0.2) is 25.3 Å². The lowest BCUT2D eigenvalue weighted by molar-refractivity contribution is -0.147. The lowest BCUT2D eigenvalue weighted by atomic mass is 10.2. The Kier molecular flexibility index (Phi) is 5.33. The molecule has 0 fully saturated rings. The van der Waals surface area contributed by atoms with Crippen molar-refractivity contribution in [1.29, 1.82) is 5.26 Å². The molecule has 1 amide bonds. The van der Waals surface area contributed by atoms with Gasteiger partial charge in [0.15, 0.2) is 0 Å². The normalized spacial score (nSPS) is 10.8. The van der Waals surface area contributed by atoms with Crippen molar-refractivity contribution in [2.75, 3.05) is 18.5 Å². The van der Waals surface area contributed by atoms with Crippen LogP contribution < -0.4 is 5.32 Å². The minimum absolute atomic E-state index is 0.444. The van der Waals surface area contributed by atoms with Gasteiger partial charge in [-0.2, -0.15) is 18.4 Å². The molecule has 0 unspecified atom stereocenters. The van der Waals surface area contributed by atoms with E-state index in [1.165, 1.54) is 24.3 Å². The Morgan fingerprint density at radius 3 is 2.47 bits per heavy atom. The van der Waals surface area contributed by atoms with Crippen molar-refractivity contribution in [3.05, 3.63) is 29.8 Å². The zero-order valence-corrected chi connectivity index (χ0v) is 9.83. The summed E-state index contributed by atoms with van der Waals surface area (Å²) in [5.74, 6) is -0.549. The van der Waals surface area contributed by atoms with Crippen molar-refractivity contribution >= 4 is 11.6 Å². The van der Waals surface area contributed by atoms with Crippen molar-refractivity contribution in [1.82, 2.24) is 0 Å². The van der Waals surface area contributed by atoms with E-state index in [0.717, 1.165) is 0 Å². The van der Waals surface area contributed by atoms with Crippen molar-refractivity contribution in [3.8, 4) is 6.07 Å². The molecule has 0 saturated carbocycles. The van der Waals surface area contributed by atoms with Gasteiger partial charge in [-0.15, -0.1) is 0 Å². The molecule has 19 heavy (non-hydrogen) atoms. The Balaban J connectivity index is 2.29. The van der Waals surface area contributed by atoms with Crippen molar-refractivity contribution < 1.29 is 22.7 Å². The van der Waals surface area contributed by atoms with E-state index in [-0.39, 0.29) is 0 Å². The van der Waals surface area contributed by atoms with Crippen LogP contribution in [0.5, 0.6) is 0 Å². The van der Waals surface area contributed by atoms with E-state index in [2.05, 4.69) is 10.1 Å². The number of rotatable bonds is 5. The van der Waals surface area contributed by atoms with Crippen LogP contribution in [-0.2, 0) is 9.53 Å². The largest absolute Gasteiger partial charge is 0.391 e. The molecule has 1 rings (SSSR count). The number of nitrogens with zero attached hydrogens (tertiary/aromatic N) is 1. The number of alkyl halides is 3. The van der Waals surface area contributed by atoms with Crippen LogP contribution in [0.4, 0.5) is 18.9 Å². The second kappa shape index (κ2) is 6.75. The van der Waals surface area contributed by atoms with Gasteiger partial charge in [0.05, 0.1) is 24.7 Å². The Labute approximate surface area is 107 Å². The van der Waals surface area contributed by atoms with Gasteiger partial charge in [-0.05, 0) is 24.3 Å². The number of hydrogen-bond donors (Lipinski definition) is 1. The Morgan fingerprint density at radius 1 is 1.32 bits per heavy atom. The van der Waals surface area contributed by atoms with Gasteiger partial charge in [0, 0.05) is 5.69 Å². The van der Waals surface area contributed by atoms with Gasteiger partial charge in [0.1, 0.15) is 6.61 Å². The second-order valence-electron chi connectivity index (χ2n) is 3.66. The van der Waals surface area contributed by atoms with E-state index >= 15 is 0 Å². The molecule has 0 aliphatic heterocycles. The summed E-state index contributed by atoms with van der Waals surface area (Å²) >= 11 is 0. The number of nitriles is 1. The highest BCUT2D eigenvalue weighted by molar-refractivity contribution is 5.91. The fraction of sp³-hybridized carbons (Fsp3) is 0.333. The maximum absolute atomic E-state index is 11.8. The molecule has 0 saturated heterocycles. The van der Waals surface area contributed by atoms with Crippen LogP contribution >= 0.6 is 0 Å². The molecule has 4 nitrogen and oxygen atoms in total. The van der Waals surface area contributed by atoms with Gasteiger partial charge in [0.25, 0.3) is 0 Å². The monoisotopic (exact) mass is 272 g/mol. The Bertz CT molecular complexity index is 463. The third-order valence-corrected chi connectivity index (χ3v) is 2.06. The molecule has 0 aliphatic carbocycles. The van der Waals surface area contributed by atoms with Gasteiger partial charge in [-0.1, -0.05) is 0 Å².